The van der Waals surface area contributed by atoms with Crippen molar-refractivity contribution in [3.63, 3.8) is 0 Å². The molecular formula is C10H20N4. The Labute approximate surface area is 85.7 Å². The monoisotopic (exact) mass is 196 g/mol. The average molecular weight is 196 g/mol. The second-order valence-electron chi connectivity index (χ2n) is 4.68. The molecule has 1 heterocycles. The third kappa shape index (κ3) is 2.79. The largest absolute Gasteiger partial charge is 0.229 e. The third-order valence-corrected chi connectivity index (χ3v) is 2.18. The van der Waals surface area contributed by atoms with E-state index >= 15 is 0 Å². The zero-order valence-electron chi connectivity index (χ0n) is 9.62. The number of tetrazole rings is 1. The molecule has 0 saturated heterocycles. The van der Waals surface area contributed by atoms with Crippen molar-refractivity contribution in [3.8, 4) is 0 Å². The van der Waals surface area contributed by atoms with E-state index in [0.29, 0.717) is 0 Å². The third-order valence-electron chi connectivity index (χ3n) is 2.18. The van der Waals surface area contributed by atoms with Gasteiger partial charge in [0.25, 0.3) is 0 Å². The predicted molar refractivity (Wildman–Crippen MR) is 56.0 cm³/mol. The van der Waals surface area contributed by atoms with E-state index in [2.05, 4.69) is 43.2 Å². The Hall–Kier alpha value is -0.930. The molecule has 0 aliphatic rings. The second-order valence-corrected chi connectivity index (χ2v) is 4.68. The van der Waals surface area contributed by atoms with Crippen LogP contribution in [0.25, 0.3) is 0 Å². The van der Waals surface area contributed by atoms with E-state index in [1.807, 2.05) is 4.68 Å². The predicted octanol–water partition coefficient (Wildman–Crippen LogP) is 2.16. The SMILES string of the molecule is CCCCCn1nnnc1C(C)(C)C. The van der Waals surface area contributed by atoms with Gasteiger partial charge in [-0.15, -0.1) is 5.10 Å². The summed E-state index contributed by atoms with van der Waals surface area (Å²) in [5, 5.41) is 11.8. The molecule has 4 heteroatoms. The molecule has 4 nitrogen and oxygen atoms in total. The van der Waals surface area contributed by atoms with Crippen LogP contribution >= 0.6 is 0 Å². The summed E-state index contributed by atoms with van der Waals surface area (Å²) in [7, 11) is 0. The van der Waals surface area contributed by atoms with Crippen molar-refractivity contribution >= 4 is 0 Å². The Bertz CT molecular complexity index is 272. The van der Waals surface area contributed by atoms with Crippen molar-refractivity contribution in [3.05, 3.63) is 5.82 Å². The van der Waals surface area contributed by atoms with Crippen molar-refractivity contribution in [1.82, 2.24) is 20.2 Å². The van der Waals surface area contributed by atoms with Gasteiger partial charge in [0.15, 0.2) is 5.82 Å². The van der Waals surface area contributed by atoms with Crippen molar-refractivity contribution < 1.29 is 0 Å². The van der Waals surface area contributed by atoms with E-state index in [1.54, 1.807) is 0 Å². The van der Waals surface area contributed by atoms with Gasteiger partial charge >= 0.3 is 0 Å². The summed E-state index contributed by atoms with van der Waals surface area (Å²) in [4.78, 5) is 0. The molecule has 0 aliphatic heterocycles. The summed E-state index contributed by atoms with van der Waals surface area (Å²) in [6.45, 7) is 9.54. The molecule has 0 unspecified atom stereocenters. The molecule has 0 atom stereocenters. The summed E-state index contributed by atoms with van der Waals surface area (Å²) in [6.07, 6.45) is 3.63. The van der Waals surface area contributed by atoms with E-state index in [0.717, 1.165) is 18.8 Å². The van der Waals surface area contributed by atoms with Crippen LogP contribution in [0.1, 0.15) is 52.8 Å². The van der Waals surface area contributed by atoms with Crippen LogP contribution in [0.15, 0.2) is 0 Å². The highest BCUT2D eigenvalue weighted by atomic mass is 15.5. The second kappa shape index (κ2) is 4.53. The Balaban J connectivity index is 2.63. The zero-order chi connectivity index (χ0) is 10.6. The lowest BCUT2D eigenvalue weighted by molar-refractivity contribution is 0.455. The Morgan fingerprint density at radius 1 is 1.21 bits per heavy atom. The molecule has 14 heavy (non-hydrogen) atoms. The highest BCUT2D eigenvalue weighted by Gasteiger charge is 2.21. The summed E-state index contributed by atoms with van der Waals surface area (Å²) in [6, 6.07) is 0. The fourth-order valence-corrected chi connectivity index (χ4v) is 1.40. The first-order valence-corrected chi connectivity index (χ1v) is 5.32. The fourth-order valence-electron chi connectivity index (χ4n) is 1.40. The van der Waals surface area contributed by atoms with Gasteiger partial charge in [0.1, 0.15) is 0 Å². The molecule has 0 aliphatic carbocycles. The van der Waals surface area contributed by atoms with Crippen molar-refractivity contribution in [2.75, 3.05) is 0 Å². The van der Waals surface area contributed by atoms with Crippen LogP contribution in [0.4, 0.5) is 0 Å². The number of aryl methyl sites for hydroxylation is 1. The normalized spacial score (nSPS) is 12.0. The number of nitrogens with zero attached hydrogens (tertiary/aromatic N) is 4. The standard InChI is InChI=1S/C10H20N4/c1-5-6-7-8-14-9(10(2,3)4)11-12-13-14/h5-8H2,1-4H3. The van der Waals surface area contributed by atoms with Crippen LogP contribution in [0.3, 0.4) is 0 Å². The van der Waals surface area contributed by atoms with Crippen LogP contribution in [-0.4, -0.2) is 20.2 Å². The quantitative estimate of drug-likeness (QED) is 0.693. The molecule has 0 bridgehead atoms. The van der Waals surface area contributed by atoms with Crippen LogP contribution < -0.4 is 0 Å². The molecule has 0 aromatic carbocycles. The van der Waals surface area contributed by atoms with Gasteiger partial charge in [0.05, 0.1) is 0 Å². The number of unbranched alkanes of at least 4 members (excludes halogenated alkanes) is 2. The molecule has 0 saturated carbocycles. The first kappa shape index (κ1) is 11.1. The molecule has 0 fully saturated rings. The van der Waals surface area contributed by atoms with Gasteiger partial charge < -0.3 is 0 Å². The number of hydrogen-bond donors (Lipinski definition) is 0. The summed E-state index contributed by atoms with van der Waals surface area (Å²) >= 11 is 0. The van der Waals surface area contributed by atoms with E-state index in [-0.39, 0.29) is 5.41 Å². The zero-order valence-corrected chi connectivity index (χ0v) is 9.62. The Morgan fingerprint density at radius 3 is 2.50 bits per heavy atom. The Kier molecular flexibility index (Phi) is 3.61. The molecule has 0 amide bonds. The lowest BCUT2D eigenvalue weighted by Gasteiger charge is -2.16. The minimum atomic E-state index is 0.0374. The summed E-state index contributed by atoms with van der Waals surface area (Å²) in [5.41, 5.74) is 0.0374. The van der Waals surface area contributed by atoms with Gasteiger partial charge in [-0.1, -0.05) is 40.5 Å². The molecule has 1 aromatic heterocycles. The smallest absolute Gasteiger partial charge is 0.156 e. The van der Waals surface area contributed by atoms with E-state index in [9.17, 15) is 0 Å². The minimum Gasteiger partial charge on any atom is -0.229 e. The van der Waals surface area contributed by atoms with Gasteiger partial charge in [-0.05, 0) is 16.8 Å². The number of aromatic nitrogens is 4. The molecule has 1 aromatic rings. The van der Waals surface area contributed by atoms with Crippen LogP contribution in [0.5, 0.6) is 0 Å². The van der Waals surface area contributed by atoms with Gasteiger partial charge in [-0.2, -0.15) is 0 Å². The molecular weight excluding hydrogens is 176 g/mol. The number of rotatable bonds is 4. The maximum atomic E-state index is 4.07. The highest BCUT2D eigenvalue weighted by Crippen LogP contribution is 2.18. The lowest BCUT2D eigenvalue weighted by Crippen LogP contribution is -2.19. The van der Waals surface area contributed by atoms with Crippen molar-refractivity contribution in [1.29, 1.82) is 0 Å². The van der Waals surface area contributed by atoms with E-state index in [4.69, 9.17) is 0 Å². The lowest BCUT2D eigenvalue weighted by atomic mass is 9.96. The summed E-state index contributed by atoms with van der Waals surface area (Å²) in [5.74, 6) is 0.980. The van der Waals surface area contributed by atoms with Gasteiger partial charge in [0.2, 0.25) is 0 Å². The van der Waals surface area contributed by atoms with Crippen LogP contribution in [-0.2, 0) is 12.0 Å². The molecule has 1 rings (SSSR count). The van der Waals surface area contributed by atoms with E-state index in [1.165, 1.54) is 12.8 Å². The molecule has 0 spiro atoms. The topological polar surface area (TPSA) is 43.6 Å². The van der Waals surface area contributed by atoms with Gasteiger partial charge in [-0.3, -0.25) is 0 Å². The molecule has 80 valence electrons. The highest BCUT2D eigenvalue weighted by molar-refractivity contribution is 4.98. The van der Waals surface area contributed by atoms with E-state index < -0.39 is 0 Å². The molecule has 0 radical (unpaired) electrons. The fraction of sp³-hybridized carbons (Fsp3) is 0.900. The van der Waals surface area contributed by atoms with Gasteiger partial charge in [-0.25, -0.2) is 4.68 Å². The maximum Gasteiger partial charge on any atom is 0.156 e. The first-order valence-electron chi connectivity index (χ1n) is 5.32. The molecule has 0 N–H and O–H groups in total. The Morgan fingerprint density at radius 2 is 1.93 bits per heavy atom. The summed E-state index contributed by atoms with van der Waals surface area (Å²) < 4.78 is 1.93. The van der Waals surface area contributed by atoms with Crippen LogP contribution in [0.2, 0.25) is 0 Å². The van der Waals surface area contributed by atoms with Crippen molar-refractivity contribution in [2.24, 2.45) is 0 Å². The minimum absolute atomic E-state index is 0.0374. The average Bonchev–Trinajstić information content (AvgIpc) is 2.52. The van der Waals surface area contributed by atoms with Gasteiger partial charge in [0, 0.05) is 12.0 Å². The van der Waals surface area contributed by atoms with Crippen molar-refractivity contribution in [2.45, 2.75) is 58.9 Å². The maximum absolute atomic E-state index is 4.07. The first-order chi connectivity index (χ1) is 6.55. The van der Waals surface area contributed by atoms with Crippen LogP contribution in [0, 0.1) is 0 Å². The number of hydrogen-bond acceptors (Lipinski definition) is 3.